The van der Waals surface area contributed by atoms with Gasteiger partial charge >= 0.3 is 0 Å². The van der Waals surface area contributed by atoms with E-state index in [0.717, 1.165) is 12.1 Å². The van der Waals surface area contributed by atoms with Crippen molar-refractivity contribution >= 4 is 11.3 Å². The molecule has 0 bridgehead atoms. The minimum Gasteiger partial charge on any atom is -0.360 e. The summed E-state index contributed by atoms with van der Waals surface area (Å²) in [6, 6.07) is 5.08. The van der Waals surface area contributed by atoms with Crippen LogP contribution in [-0.2, 0) is 0 Å². The molecule has 20 heavy (non-hydrogen) atoms. The van der Waals surface area contributed by atoms with Crippen LogP contribution in [0.3, 0.4) is 0 Å². The first-order valence-electron chi connectivity index (χ1n) is 5.15. The lowest BCUT2D eigenvalue weighted by Gasteiger charge is -2.03. The molecule has 0 amide bonds. The van der Waals surface area contributed by atoms with Crippen molar-refractivity contribution in [1.82, 2.24) is 20.6 Å². The lowest BCUT2D eigenvalue weighted by molar-refractivity contribution is 0.578. The Balaban J connectivity index is 2.28. The van der Waals surface area contributed by atoms with Crippen LogP contribution in [-0.4, -0.2) is 20.6 Å². The highest BCUT2D eigenvalue weighted by Gasteiger charge is 2.11. The molecule has 1 aromatic heterocycles. The summed E-state index contributed by atoms with van der Waals surface area (Å²) in [5, 5.41) is 32.6. The van der Waals surface area contributed by atoms with E-state index in [1.807, 2.05) is 0 Å². The number of hydrogen-bond donors (Lipinski definition) is 2. The molecule has 0 atom stereocenters. The highest BCUT2D eigenvalue weighted by Crippen LogP contribution is 2.18. The molecule has 2 aromatic rings. The van der Waals surface area contributed by atoms with Gasteiger partial charge in [-0.05, 0) is 17.3 Å². The molecule has 0 radical (unpaired) electrons. The molecule has 7 nitrogen and oxygen atoms in total. The van der Waals surface area contributed by atoms with Gasteiger partial charge in [0.15, 0.2) is 0 Å². The summed E-state index contributed by atoms with van der Waals surface area (Å²) in [4.78, 5) is 0. The molecular formula is C11H5F2N7. The van der Waals surface area contributed by atoms with Crippen molar-refractivity contribution in [3.8, 4) is 12.1 Å². The van der Waals surface area contributed by atoms with E-state index in [0.29, 0.717) is 0 Å². The van der Waals surface area contributed by atoms with E-state index in [-0.39, 0.29) is 17.1 Å². The fraction of sp³-hybridized carbons (Fsp3) is 0. The molecule has 0 aliphatic rings. The van der Waals surface area contributed by atoms with E-state index in [1.165, 1.54) is 12.3 Å². The first-order valence-corrected chi connectivity index (χ1v) is 5.15. The Labute approximate surface area is 111 Å². The van der Waals surface area contributed by atoms with Crippen molar-refractivity contribution in [3.05, 3.63) is 41.4 Å². The maximum Gasteiger partial charge on any atom is 0.216 e. The molecule has 0 unspecified atom stereocenters. The largest absolute Gasteiger partial charge is 0.360 e. The Hall–Kier alpha value is -3.33. The van der Waals surface area contributed by atoms with Crippen LogP contribution in [0, 0.1) is 34.3 Å². The molecule has 1 aromatic carbocycles. The van der Waals surface area contributed by atoms with Crippen LogP contribution in [0.15, 0.2) is 18.3 Å². The fourth-order valence-electron chi connectivity index (χ4n) is 1.34. The van der Waals surface area contributed by atoms with Gasteiger partial charge in [0.1, 0.15) is 34.9 Å². The summed E-state index contributed by atoms with van der Waals surface area (Å²) >= 11 is 0. The molecule has 9 heteroatoms. The Bertz CT molecular complexity index is 714. The van der Waals surface area contributed by atoms with Crippen LogP contribution in [0.1, 0.15) is 11.4 Å². The highest BCUT2D eigenvalue weighted by molar-refractivity contribution is 5.74. The van der Waals surface area contributed by atoms with Crippen molar-refractivity contribution in [2.75, 3.05) is 5.32 Å². The van der Waals surface area contributed by atoms with E-state index in [2.05, 4.69) is 25.9 Å². The van der Waals surface area contributed by atoms with Gasteiger partial charge in [-0.2, -0.15) is 15.7 Å². The van der Waals surface area contributed by atoms with Crippen molar-refractivity contribution in [1.29, 1.82) is 10.5 Å². The number of aromatic nitrogens is 4. The van der Waals surface area contributed by atoms with E-state index in [1.54, 1.807) is 6.07 Å². The third-order valence-corrected chi connectivity index (χ3v) is 2.24. The van der Waals surface area contributed by atoms with Crippen LogP contribution in [0.2, 0.25) is 0 Å². The van der Waals surface area contributed by atoms with Gasteiger partial charge in [-0.1, -0.05) is 0 Å². The van der Waals surface area contributed by atoms with E-state index < -0.39 is 17.2 Å². The van der Waals surface area contributed by atoms with Crippen molar-refractivity contribution in [2.45, 2.75) is 0 Å². The van der Waals surface area contributed by atoms with Crippen LogP contribution >= 0.6 is 0 Å². The number of allylic oxidation sites excluding steroid dienone is 1. The Kier molecular flexibility index (Phi) is 3.63. The first-order chi connectivity index (χ1) is 9.65. The fourth-order valence-corrected chi connectivity index (χ4v) is 1.34. The molecule has 0 aliphatic carbocycles. The molecular weight excluding hydrogens is 268 g/mol. The minimum atomic E-state index is -0.999. The smallest absolute Gasteiger partial charge is 0.216 e. The van der Waals surface area contributed by atoms with Gasteiger partial charge < -0.3 is 5.32 Å². The second-order valence-corrected chi connectivity index (χ2v) is 3.48. The van der Waals surface area contributed by atoms with Crippen LogP contribution in [0.5, 0.6) is 0 Å². The zero-order valence-corrected chi connectivity index (χ0v) is 9.72. The lowest BCUT2D eigenvalue weighted by Crippen LogP contribution is -1.97. The number of nitriles is 2. The molecule has 0 aliphatic heterocycles. The van der Waals surface area contributed by atoms with Crippen LogP contribution < -0.4 is 5.32 Å². The van der Waals surface area contributed by atoms with E-state index >= 15 is 0 Å². The Morgan fingerprint density at radius 2 is 2.00 bits per heavy atom. The van der Waals surface area contributed by atoms with E-state index in [4.69, 9.17) is 10.5 Å². The number of halogens is 2. The standard InChI is InChI=1S/C11H5F2N7/c12-9-1-7(2-10(13)8(9)4-15)16-5-6(3-14)11-17-19-20-18-11/h1-2,5,16H,(H,17,18,19,20). The number of aromatic amines is 1. The van der Waals surface area contributed by atoms with Gasteiger partial charge in [-0.25, -0.2) is 8.78 Å². The summed E-state index contributed by atoms with van der Waals surface area (Å²) in [5.41, 5.74) is -0.614. The molecule has 2 rings (SSSR count). The van der Waals surface area contributed by atoms with E-state index in [9.17, 15) is 8.78 Å². The Morgan fingerprint density at radius 1 is 1.30 bits per heavy atom. The molecule has 0 saturated carbocycles. The highest BCUT2D eigenvalue weighted by atomic mass is 19.1. The third kappa shape index (κ3) is 2.57. The average molecular weight is 273 g/mol. The predicted octanol–water partition coefficient (Wildman–Crippen LogP) is 1.33. The quantitative estimate of drug-likeness (QED) is 0.815. The van der Waals surface area contributed by atoms with Gasteiger partial charge in [0, 0.05) is 11.9 Å². The summed E-state index contributed by atoms with van der Waals surface area (Å²) in [5.74, 6) is -1.96. The van der Waals surface area contributed by atoms with Crippen LogP contribution in [0.25, 0.3) is 5.57 Å². The zero-order valence-electron chi connectivity index (χ0n) is 9.72. The predicted molar refractivity (Wildman–Crippen MR) is 62.5 cm³/mol. The topological polar surface area (TPSA) is 114 Å². The van der Waals surface area contributed by atoms with Crippen molar-refractivity contribution < 1.29 is 8.78 Å². The molecule has 1 heterocycles. The second kappa shape index (κ2) is 5.54. The van der Waals surface area contributed by atoms with Crippen molar-refractivity contribution in [2.24, 2.45) is 0 Å². The van der Waals surface area contributed by atoms with Gasteiger partial charge in [-0.15, -0.1) is 10.2 Å². The maximum absolute atomic E-state index is 13.4. The number of nitrogens with zero attached hydrogens (tertiary/aromatic N) is 5. The molecule has 98 valence electrons. The monoisotopic (exact) mass is 273 g/mol. The van der Waals surface area contributed by atoms with Crippen LogP contribution in [0.4, 0.5) is 14.5 Å². The van der Waals surface area contributed by atoms with Gasteiger partial charge in [0.05, 0.1) is 0 Å². The normalized spacial score (nSPS) is 10.7. The second-order valence-electron chi connectivity index (χ2n) is 3.48. The van der Waals surface area contributed by atoms with Crippen molar-refractivity contribution in [3.63, 3.8) is 0 Å². The maximum atomic E-state index is 13.4. The molecule has 0 saturated heterocycles. The van der Waals surface area contributed by atoms with Gasteiger partial charge in [0.25, 0.3) is 0 Å². The third-order valence-electron chi connectivity index (χ3n) is 2.24. The number of anilines is 1. The SMILES string of the molecule is N#CC(=CNc1cc(F)c(C#N)c(F)c1)c1nn[nH]n1. The molecule has 0 fully saturated rings. The molecule has 2 N–H and O–H groups in total. The summed E-state index contributed by atoms with van der Waals surface area (Å²) < 4.78 is 26.7. The van der Waals surface area contributed by atoms with Gasteiger partial charge in [-0.3, -0.25) is 0 Å². The number of benzene rings is 1. The minimum absolute atomic E-state index is 0.0175. The molecule has 0 spiro atoms. The summed E-state index contributed by atoms with van der Waals surface area (Å²) in [6.45, 7) is 0. The number of tetrazole rings is 1. The Morgan fingerprint density at radius 3 is 2.50 bits per heavy atom. The number of nitrogens with one attached hydrogen (secondary N) is 2. The number of hydrogen-bond acceptors (Lipinski definition) is 6. The summed E-state index contributed by atoms with van der Waals surface area (Å²) in [6.07, 6.45) is 1.17. The number of H-pyrrole nitrogens is 1. The summed E-state index contributed by atoms with van der Waals surface area (Å²) in [7, 11) is 0. The lowest BCUT2D eigenvalue weighted by atomic mass is 10.2. The average Bonchev–Trinajstić information content (AvgIpc) is 2.93. The number of rotatable bonds is 3. The first kappa shape index (κ1) is 13.1. The zero-order chi connectivity index (χ0) is 14.5. The van der Waals surface area contributed by atoms with Gasteiger partial charge in [0.2, 0.25) is 5.82 Å².